The molecule has 2 fully saturated rings. The third-order valence-electron chi connectivity index (χ3n) is 9.93. The van der Waals surface area contributed by atoms with Crippen molar-refractivity contribution in [2.75, 3.05) is 44.7 Å². The molecule has 1 amide bonds. The fourth-order valence-corrected chi connectivity index (χ4v) is 7.21. The highest BCUT2D eigenvalue weighted by Gasteiger charge is 2.33. The van der Waals surface area contributed by atoms with Crippen LogP contribution in [0, 0.1) is 25.2 Å². The average molecular weight is 656 g/mol. The molecule has 49 heavy (non-hydrogen) atoms. The fraction of sp³-hybridized carbons (Fsp3) is 0.359. The van der Waals surface area contributed by atoms with Crippen LogP contribution >= 0.6 is 0 Å². The maximum atomic E-state index is 13.3. The number of anilines is 1. The van der Waals surface area contributed by atoms with Gasteiger partial charge in [-0.05, 0) is 62.2 Å². The van der Waals surface area contributed by atoms with E-state index in [1.54, 1.807) is 4.90 Å². The summed E-state index contributed by atoms with van der Waals surface area (Å²) in [5.41, 5.74) is 5.74. The van der Waals surface area contributed by atoms with Crippen LogP contribution in [0.15, 0.2) is 72.9 Å². The number of pyridine rings is 1. The molecule has 7 rings (SSSR count). The van der Waals surface area contributed by atoms with Gasteiger partial charge in [-0.2, -0.15) is 15.2 Å². The third kappa shape index (κ3) is 6.59. The van der Waals surface area contributed by atoms with E-state index in [-0.39, 0.29) is 19.1 Å². The molecule has 0 radical (unpaired) electrons. The van der Waals surface area contributed by atoms with E-state index >= 15 is 0 Å². The van der Waals surface area contributed by atoms with E-state index in [0.29, 0.717) is 44.1 Å². The molecular formula is C39H41N7O3. The molecule has 0 unspecified atom stereocenters. The number of benzene rings is 3. The Kier molecular flexibility index (Phi) is 9.27. The van der Waals surface area contributed by atoms with Crippen LogP contribution in [0.4, 0.5) is 10.6 Å². The molecule has 2 atom stereocenters. The molecule has 250 valence electrons. The number of hydrogen-bond donors (Lipinski definition) is 0. The van der Waals surface area contributed by atoms with Crippen molar-refractivity contribution in [1.82, 2.24) is 24.8 Å². The summed E-state index contributed by atoms with van der Waals surface area (Å²) in [7, 11) is 2.13. The fourth-order valence-electron chi connectivity index (χ4n) is 7.21. The van der Waals surface area contributed by atoms with Crippen molar-refractivity contribution >= 4 is 33.6 Å². The van der Waals surface area contributed by atoms with Gasteiger partial charge in [0.15, 0.2) is 0 Å². The molecule has 3 aromatic carbocycles. The molecular weight excluding hydrogens is 614 g/mol. The molecule has 2 saturated heterocycles. The van der Waals surface area contributed by atoms with Gasteiger partial charge >= 0.3 is 12.1 Å². The minimum Gasteiger partial charge on any atom is -0.462 e. The highest BCUT2D eigenvalue weighted by Crippen LogP contribution is 2.37. The number of ether oxygens (including phenoxy) is 2. The number of hydrogen-bond acceptors (Lipinski definition) is 9. The monoisotopic (exact) mass is 655 g/mol. The van der Waals surface area contributed by atoms with Crippen LogP contribution in [0.3, 0.4) is 0 Å². The molecule has 2 aliphatic heterocycles. The number of likely N-dealkylation sites (N-methyl/N-ethyl adjacent to an activating group) is 1. The zero-order chi connectivity index (χ0) is 33.9. The van der Waals surface area contributed by atoms with Crippen LogP contribution in [0.25, 0.3) is 32.9 Å². The summed E-state index contributed by atoms with van der Waals surface area (Å²) in [5.74, 6) is 0.691. The number of amides is 1. The highest BCUT2D eigenvalue weighted by atomic mass is 16.6. The second kappa shape index (κ2) is 14.1. The lowest BCUT2D eigenvalue weighted by Gasteiger charge is -2.40. The summed E-state index contributed by atoms with van der Waals surface area (Å²) < 4.78 is 12.0. The molecule has 2 aliphatic rings. The summed E-state index contributed by atoms with van der Waals surface area (Å²) in [6, 6.07) is 24.8. The topological polar surface area (TPSA) is 108 Å². The van der Waals surface area contributed by atoms with Crippen LogP contribution in [-0.2, 0) is 11.3 Å². The molecule has 0 saturated carbocycles. The van der Waals surface area contributed by atoms with E-state index in [0.717, 1.165) is 58.1 Å². The standard InChI is InChI=1S/C39H41N7O3/c1-26-10-7-13-29-14-8-16-32(34(26)29)35-27(2)36-33(22-41-35)37(43-38(42-36)48-25-31-15-9-19-44(31)3)45-20-21-46(30(23-45)17-18-40)39(47)49-24-28-11-5-4-6-12-28/h4-8,10-14,16,22,30-31H,9,15,17,19-21,23-25H2,1-3H3/t30-,31-/m0/s1. The first-order chi connectivity index (χ1) is 23.9. The first kappa shape index (κ1) is 32.3. The van der Waals surface area contributed by atoms with Crippen molar-refractivity contribution in [2.24, 2.45) is 0 Å². The van der Waals surface area contributed by atoms with E-state index in [1.165, 1.54) is 10.9 Å². The Hall–Kier alpha value is -5.27. The lowest BCUT2D eigenvalue weighted by Crippen LogP contribution is -2.55. The molecule has 0 spiro atoms. The van der Waals surface area contributed by atoms with E-state index in [1.807, 2.05) is 36.5 Å². The zero-order valence-corrected chi connectivity index (χ0v) is 28.3. The van der Waals surface area contributed by atoms with E-state index in [4.69, 9.17) is 24.4 Å². The van der Waals surface area contributed by atoms with Gasteiger partial charge in [0.1, 0.15) is 19.0 Å². The molecule has 10 heteroatoms. The SMILES string of the molecule is Cc1c(-c2cccc3cccc(C)c23)ncc2c(N3CCN(C(=O)OCc4ccccc4)[C@@H](CC#N)C3)nc(OC[C@@H]3CCCN3C)nc12. The predicted molar refractivity (Wildman–Crippen MR) is 190 cm³/mol. The van der Waals surface area contributed by atoms with Gasteiger partial charge in [-0.1, -0.05) is 66.7 Å². The van der Waals surface area contributed by atoms with Crippen molar-refractivity contribution in [3.63, 3.8) is 0 Å². The van der Waals surface area contributed by atoms with E-state index < -0.39 is 6.09 Å². The van der Waals surface area contributed by atoms with Crippen molar-refractivity contribution in [3.8, 4) is 23.3 Å². The normalized spacial score (nSPS) is 18.2. The van der Waals surface area contributed by atoms with Gasteiger partial charge in [-0.15, -0.1) is 0 Å². The van der Waals surface area contributed by atoms with Gasteiger partial charge in [0.2, 0.25) is 0 Å². The van der Waals surface area contributed by atoms with Crippen LogP contribution in [0.2, 0.25) is 0 Å². The molecule has 2 aromatic heterocycles. The van der Waals surface area contributed by atoms with Gasteiger partial charge in [0, 0.05) is 43.0 Å². The highest BCUT2D eigenvalue weighted by molar-refractivity contribution is 6.02. The van der Waals surface area contributed by atoms with Gasteiger partial charge in [-0.25, -0.2) is 4.79 Å². The number of rotatable bonds is 8. The summed E-state index contributed by atoms with van der Waals surface area (Å²) in [4.78, 5) is 34.4. The van der Waals surface area contributed by atoms with Crippen molar-refractivity contribution in [1.29, 1.82) is 5.26 Å². The molecule has 0 N–H and O–H groups in total. The Labute approximate surface area is 286 Å². The van der Waals surface area contributed by atoms with Crippen LogP contribution < -0.4 is 9.64 Å². The lowest BCUT2D eigenvalue weighted by molar-refractivity contribution is 0.0768. The molecule has 0 aliphatic carbocycles. The molecule has 0 bridgehead atoms. The van der Waals surface area contributed by atoms with Crippen LogP contribution in [0.5, 0.6) is 6.01 Å². The van der Waals surface area contributed by atoms with Crippen molar-refractivity contribution in [3.05, 3.63) is 89.6 Å². The number of carbonyl (C=O) groups excluding carboxylic acids is 1. The number of carbonyl (C=O) groups is 1. The maximum Gasteiger partial charge on any atom is 0.410 e. The Morgan fingerprint density at radius 2 is 1.80 bits per heavy atom. The van der Waals surface area contributed by atoms with Crippen molar-refractivity contribution in [2.45, 2.75) is 51.8 Å². The van der Waals surface area contributed by atoms with Crippen molar-refractivity contribution < 1.29 is 14.3 Å². The van der Waals surface area contributed by atoms with E-state index in [9.17, 15) is 10.1 Å². The summed E-state index contributed by atoms with van der Waals surface area (Å²) in [6.07, 6.45) is 3.82. The summed E-state index contributed by atoms with van der Waals surface area (Å²) in [5, 5.41) is 12.9. The number of aryl methyl sites for hydroxylation is 2. The van der Waals surface area contributed by atoms with E-state index in [2.05, 4.69) is 73.2 Å². The second-order valence-corrected chi connectivity index (χ2v) is 13.1. The Bertz CT molecular complexity index is 2020. The smallest absolute Gasteiger partial charge is 0.410 e. The first-order valence-electron chi connectivity index (χ1n) is 17.0. The third-order valence-corrected chi connectivity index (χ3v) is 9.93. The largest absolute Gasteiger partial charge is 0.462 e. The number of aromatic nitrogens is 3. The maximum absolute atomic E-state index is 13.3. The first-order valence-corrected chi connectivity index (χ1v) is 17.0. The Morgan fingerprint density at radius 1 is 0.980 bits per heavy atom. The quantitative estimate of drug-likeness (QED) is 0.181. The Balaban J connectivity index is 1.24. The number of nitriles is 1. The molecule has 10 nitrogen and oxygen atoms in total. The van der Waals surface area contributed by atoms with Crippen LogP contribution in [-0.4, -0.2) is 82.8 Å². The van der Waals surface area contributed by atoms with Gasteiger partial charge < -0.3 is 24.2 Å². The average Bonchev–Trinajstić information content (AvgIpc) is 3.54. The van der Waals surface area contributed by atoms with Crippen LogP contribution in [0.1, 0.15) is 36.0 Å². The van der Waals surface area contributed by atoms with Gasteiger partial charge in [-0.3, -0.25) is 4.98 Å². The summed E-state index contributed by atoms with van der Waals surface area (Å²) >= 11 is 0. The lowest BCUT2D eigenvalue weighted by atomic mass is 9.95. The number of piperazine rings is 1. The zero-order valence-electron chi connectivity index (χ0n) is 28.3. The van der Waals surface area contributed by atoms with Gasteiger partial charge in [0.25, 0.3) is 0 Å². The summed E-state index contributed by atoms with van der Waals surface area (Å²) in [6.45, 7) is 7.21. The second-order valence-electron chi connectivity index (χ2n) is 13.1. The number of nitrogens with zero attached hydrogens (tertiary/aromatic N) is 7. The number of fused-ring (bicyclic) bond motifs is 2. The number of likely N-dealkylation sites (tertiary alicyclic amines) is 1. The minimum absolute atomic E-state index is 0.166. The molecule has 5 aromatic rings. The minimum atomic E-state index is -0.423. The predicted octanol–water partition coefficient (Wildman–Crippen LogP) is 6.68. The van der Waals surface area contributed by atoms with Gasteiger partial charge in [0.05, 0.1) is 35.1 Å². The Morgan fingerprint density at radius 3 is 2.57 bits per heavy atom. The molecule has 4 heterocycles.